The van der Waals surface area contributed by atoms with Crippen molar-refractivity contribution in [3.8, 4) is 0 Å². The Morgan fingerprint density at radius 3 is 2.72 bits per heavy atom. The second-order valence-corrected chi connectivity index (χ2v) is 4.59. The van der Waals surface area contributed by atoms with Crippen LogP contribution < -0.4 is 5.32 Å². The molecule has 1 N–H and O–H groups in total. The van der Waals surface area contributed by atoms with Gasteiger partial charge in [-0.2, -0.15) is 5.10 Å². The van der Waals surface area contributed by atoms with Crippen molar-refractivity contribution in [1.29, 1.82) is 0 Å². The number of hydrogen-bond acceptors (Lipinski definition) is 3. The monoisotopic (exact) mass is 247 g/mol. The highest BCUT2D eigenvalue weighted by Crippen LogP contribution is 2.15. The zero-order chi connectivity index (χ0) is 13.0. The Morgan fingerprint density at radius 2 is 2.17 bits per heavy atom. The second kappa shape index (κ2) is 5.82. The number of rotatable bonds is 6. The Morgan fingerprint density at radius 1 is 1.33 bits per heavy atom. The summed E-state index contributed by atoms with van der Waals surface area (Å²) in [6.07, 6.45) is 7.78. The third-order valence-corrected chi connectivity index (χ3v) is 2.99. The summed E-state index contributed by atoms with van der Waals surface area (Å²) in [6.45, 7) is 3.16. The van der Waals surface area contributed by atoms with E-state index in [-0.39, 0.29) is 6.04 Å². The van der Waals surface area contributed by atoms with E-state index >= 15 is 0 Å². The minimum Gasteiger partial charge on any atom is -0.337 e. The van der Waals surface area contributed by atoms with Gasteiger partial charge in [0.05, 0.1) is 11.7 Å². The molecule has 0 radical (unpaired) electrons. The van der Waals surface area contributed by atoms with Gasteiger partial charge in [-0.05, 0) is 19.0 Å². The van der Waals surface area contributed by atoms with Gasteiger partial charge in [-0.1, -0.05) is 6.92 Å². The highest BCUT2D eigenvalue weighted by Gasteiger charge is 2.16. The Hall–Kier alpha value is -1.62. The zero-order valence-electron chi connectivity index (χ0n) is 11.3. The fourth-order valence-electron chi connectivity index (χ4n) is 2.07. The second-order valence-electron chi connectivity index (χ2n) is 4.59. The van der Waals surface area contributed by atoms with E-state index < -0.39 is 0 Å². The number of aryl methyl sites for hydroxylation is 2. The maximum Gasteiger partial charge on any atom is 0.125 e. The molecule has 2 aromatic heterocycles. The maximum absolute atomic E-state index is 4.44. The lowest BCUT2D eigenvalue weighted by Gasteiger charge is -2.17. The minimum atomic E-state index is 0.222. The molecule has 0 aromatic carbocycles. The topological polar surface area (TPSA) is 47.7 Å². The maximum atomic E-state index is 4.44. The van der Waals surface area contributed by atoms with Crippen molar-refractivity contribution >= 4 is 0 Å². The average molecular weight is 247 g/mol. The van der Waals surface area contributed by atoms with Gasteiger partial charge in [0.2, 0.25) is 0 Å². The van der Waals surface area contributed by atoms with Gasteiger partial charge in [0.25, 0.3) is 0 Å². The summed E-state index contributed by atoms with van der Waals surface area (Å²) in [4.78, 5) is 4.44. The normalized spacial score (nSPS) is 12.8. The van der Waals surface area contributed by atoms with Crippen molar-refractivity contribution in [3.63, 3.8) is 0 Å². The lowest BCUT2D eigenvalue weighted by Crippen LogP contribution is -2.26. The molecular weight excluding hydrogens is 226 g/mol. The summed E-state index contributed by atoms with van der Waals surface area (Å²) in [7, 11) is 3.97. The Kier molecular flexibility index (Phi) is 4.15. The molecule has 1 unspecified atom stereocenters. The lowest BCUT2D eigenvalue weighted by atomic mass is 10.1. The number of aromatic nitrogens is 4. The molecule has 0 fully saturated rings. The van der Waals surface area contributed by atoms with Gasteiger partial charge in [0.1, 0.15) is 5.82 Å². The molecular formula is C13H21N5. The van der Waals surface area contributed by atoms with Crippen LogP contribution in [0.2, 0.25) is 0 Å². The number of imidazole rings is 1. The molecule has 0 bridgehead atoms. The van der Waals surface area contributed by atoms with Crippen molar-refractivity contribution in [1.82, 2.24) is 24.6 Å². The first-order chi connectivity index (χ1) is 8.70. The predicted octanol–water partition coefficient (Wildman–Crippen LogP) is 1.44. The molecule has 0 aliphatic rings. The zero-order valence-corrected chi connectivity index (χ0v) is 11.3. The van der Waals surface area contributed by atoms with Gasteiger partial charge in [0, 0.05) is 39.1 Å². The molecule has 98 valence electrons. The fraction of sp³-hybridized carbons (Fsp3) is 0.538. The summed E-state index contributed by atoms with van der Waals surface area (Å²) >= 11 is 0. The molecule has 5 nitrogen and oxygen atoms in total. The SMILES string of the molecule is CCCNC(Cc1ccn(C)n1)c1nccn1C. The molecule has 2 aromatic rings. The quantitative estimate of drug-likeness (QED) is 0.840. The molecule has 0 aliphatic heterocycles. The van der Waals surface area contributed by atoms with Crippen molar-refractivity contribution in [2.75, 3.05) is 6.54 Å². The number of nitrogens with one attached hydrogen (secondary N) is 1. The summed E-state index contributed by atoms with van der Waals surface area (Å²) in [5.41, 5.74) is 1.09. The average Bonchev–Trinajstić information content (AvgIpc) is 2.93. The van der Waals surface area contributed by atoms with Gasteiger partial charge in [-0.3, -0.25) is 4.68 Å². The summed E-state index contributed by atoms with van der Waals surface area (Å²) < 4.78 is 3.90. The van der Waals surface area contributed by atoms with Crippen molar-refractivity contribution in [3.05, 3.63) is 36.2 Å². The molecule has 0 saturated carbocycles. The van der Waals surface area contributed by atoms with Crippen LogP contribution in [0.25, 0.3) is 0 Å². The van der Waals surface area contributed by atoms with Crippen LogP contribution in [-0.2, 0) is 20.5 Å². The summed E-state index contributed by atoms with van der Waals surface area (Å²) in [5, 5.41) is 7.98. The van der Waals surface area contributed by atoms with E-state index in [0.717, 1.165) is 30.9 Å². The lowest BCUT2D eigenvalue weighted by molar-refractivity contribution is 0.485. The van der Waals surface area contributed by atoms with E-state index in [2.05, 4.69) is 33.0 Å². The summed E-state index contributed by atoms with van der Waals surface area (Å²) in [5.74, 6) is 1.06. The minimum absolute atomic E-state index is 0.222. The summed E-state index contributed by atoms with van der Waals surface area (Å²) in [6, 6.07) is 2.28. The van der Waals surface area contributed by atoms with E-state index in [4.69, 9.17) is 0 Å². The third-order valence-electron chi connectivity index (χ3n) is 2.99. The molecule has 18 heavy (non-hydrogen) atoms. The first-order valence-corrected chi connectivity index (χ1v) is 6.39. The van der Waals surface area contributed by atoms with E-state index in [1.807, 2.05) is 37.4 Å². The number of hydrogen-bond donors (Lipinski definition) is 1. The highest BCUT2D eigenvalue weighted by molar-refractivity contribution is 5.07. The fourth-order valence-corrected chi connectivity index (χ4v) is 2.07. The standard InChI is InChI=1S/C13H21N5/c1-4-6-14-12(13-15-7-9-17(13)2)10-11-5-8-18(3)16-11/h5,7-9,12,14H,4,6,10H2,1-3H3. The van der Waals surface area contributed by atoms with Gasteiger partial charge in [-0.15, -0.1) is 0 Å². The molecule has 0 saturated heterocycles. The Bertz CT molecular complexity index is 485. The van der Waals surface area contributed by atoms with E-state index in [9.17, 15) is 0 Å². The van der Waals surface area contributed by atoms with Crippen molar-refractivity contribution in [2.45, 2.75) is 25.8 Å². The molecule has 2 heterocycles. The first-order valence-electron chi connectivity index (χ1n) is 6.39. The van der Waals surface area contributed by atoms with E-state index in [1.165, 1.54) is 0 Å². The molecule has 0 spiro atoms. The highest BCUT2D eigenvalue weighted by atomic mass is 15.2. The van der Waals surface area contributed by atoms with Crippen LogP contribution in [-0.4, -0.2) is 25.9 Å². The van der Waals surface area contributed by atoms with Crippen LogP contribution >= 0.6 is 0 Å². The van der Waals surface area contributed by atoms with Gasteiger partial charge in [-0.25, -0.2) is 4.98 Å². The first kappa shape index (κ1) is 12.8. The van der Waals surface area contributed by atoms with Gasteiger partial charge < -0.3 is 9.88 Å². The van der Waals surface area contributed by atoms with Crippen molar-refractivity contribution in [2.24, 2.45) is 14.1 Å². The van der Waals surface area contributed by atoms with Crippen LogP contribution in [0.1, 0.15) is 30.9 Å². The van der Waals surface area contributed by atoms with Crippen molar-refractivity contribution < 1.29 is 0 Å². The molecule has 1 atom stereocenters. The smallest absolute Gasteiger partial charge is 0.125 e. The Labute approximate surface area is 108 Å². The van der Waals surface area contributed by atoms with Crippen LogP contribution in [0.15, 0.2) is 24.7 Å². The molecule has 0 amide bonds. The predicted molar refractivity (Wildman–Crippen MR) is 71.2 cm³/mol. The largest absolute Gasteiger partial charge is 0.337 e. The number of nitrogens with zero attached hydrogens (tertiary/aromatic N) is 4. The van der Waals surface area contributed by atoms with Crippen LogP contribution in [0.3, 0.4) is 0 Å². The van der Waals surface area contributed by atoms with Crippen LogP contribution in [0.5, 0.6) is 0 Å². The molecule has 0 aliphatic carbocycles. The molecule has 5 heteroatoms. The van der Waals surface area contributed by atoms with Gasteiger partial charge >= 0.3 is 0 Å². The third kappa shape index (κ3) is 2.98. The van der Waals surface area contributed by atoms with Crippen LogP contribution in [0.4, 0.5) is 0 Å². The Balaban J connectivity index is 2.12. The molecule has 2 rings (SSSR count). The van der Waals surface area contributed by atoms with E-state index in [0.29, 0.717) is 0 Å². The van der Waals surface area contributed by atoms with Crippen LogP contribution in [0, 0.1) is 0 Å². The van der Waals surface area contributed by atoms with E-state index in [1.54, 1.807) is 0 Å². The van der Waals surface area contributed by atoms with Gasteiger partial charge in [0.15, 0.2) is 0 Å².